The van der Waals surface area contributed by atoms with E-state index in [-0.39, 0.29) is 0 Å². The van der Waals surface area contributed by atoms with Crippen LogP contribution in [0.3, 0.4) is 0 Å². The molecule has 0 saturated heterocycles. The average Bonchev–Trinajstić information content (AvgIpc) is 3.51. The number of benzene rings is 6. The Kier molecular flexibility index (Phi) is 5.74. The normalized spacial score (nSPS) is 11.6. The summed E-state index contributed by atoms with van der Waals surface area (Å²) in [7, 11) is 0. The van der Waals surface area contributed by atoms with Crippen molar-refractivity contribution in [3.8, 4) is 45.4 Å². The first kappa shape index (κ1) is 25.3. The lowest BCUT2D eigenvalue weighted by Crippen LogP contribution is -2.01. The summed E-state index contributed by atoms with van der Waals surface area (Å²) in [4.78, 5) is 20.1. The van der Waals surface area contributed by atoms with Gasteiger partial charge in [-0.05, 0) is 39.7 Å². The highest BCUT2D eigenvalue weighted by Gasteiger charge is 2.21. The van der Waals surface area contributed by atoms with E-state index in [1.54, 1.807) is 0 Å². The Labute approximate surface area is 258 Å². The summed E-state index contributed by atoms with van der Waals surface area (Å²) in [6.45, 7) is 0. The second-order valence-corrected chi connectivity index (χ2v) is 11.1. The average molecular weight is 577 g/mol. The van der Waals surface area contributed by atoms with Crippen LogP contribution in [0.15, 0.2) is 150 Å². The minimum Gasteiger partial charge on any atom is -0.454 e. The van der Waals surface area contributed by atoms with Crippen LogP contribution in [0.5, 0.6) is 0 Å². The Morgan fingerprint density at radius 1 is 0.444 bits per heavy atom. The maximum atomic E-state index is 6.56. The fourth-order valence-corrected chi connectivity index (χ4v) is 6.11. The molecule has 0 aliphatic carbocycles. The Hall–Kier alpha value is -6.20. The van der Waals surface area contributed by atoms with Crippen molar-refractivity contribution in [2.24, 2.45) is 0 Å². The molecule has 9 aromatic rings. The molecule has 0 unspecified atom stereocenters. The van der Waals surface area contributed by atoms with Crippen molar-refractivity contribution in [2.75, 3.05) is 0 Å². The molecule has 0 bridgehead atoms. The van der Waals surface area contributed by atoms with Crippen LogP contribution in [0, 0.1) is 0 Å². The fraction of sp³-hybridized carbons (Fsp3) is 0. The minimum atomic E-state index is 0.543. The van der Waals surface area contributed by atoms with Crippen molar-refractivity contribution in [1.82, 2.24) is 19.9 Å². The third kappa shape index (κ3) is 4.33. The number of hydrogen-bond acceptors (Lipinski definition) is 5. The van der Waals surface area contributed by atoms with Crippen molar-refractivity contribution in [3.63, 3.8) is 0 Å². The van der Waals surface area contributed by atoms with Gasteiger partial charge in [0.2, 0.25) is 0 Å². The standard InChI is InChI=1S/C40H24N4O/c1-2-12-27(13-3-1)38-42-39(31-21-19-26-11-5-7-15-29(26)23-31)44-40(43-38)33-24-41-36(30-20-18-25-10-4-6-14-28(25)22-30)37-35(33)32-16-8-9-17-34(32)45-37/h1-24H. The zero-order valence-electron chi connectivity index (χ0n) is 24.1. The lowest BCUT2D eigenvalue weighted by molar-refractivity contribution is 0.668. The molecule has 5 nitrogen and oxygen atoms in total. The van der Waals surface area contributed by atoms with E-state index in [1.807, 2.05) is 66.9 Å². The van der Waals surface area contributed by atoms with Crippen LogP contribution in [0.25, 0.3) is 88.9 Å². The number of para-hydroxylation sites is 1. The van der Waals surface area contributed by atoms with Gasteiger partial charge in [-0.1, -0.05) is 121 Å². The number of hydrogen-bond donors (Lipinski definition) is 0. The highest BCUT2D eigenvalue weighted by Crippen LogP contribution is 2.40. The Balaban J connectivity index is 1.31. The molecule has 45 heavy (non-hydrogen) atoms. The number of rotatable bonds is 4. The molecule has 210 valence electrons. The molecule has 6 aromatic carbocycles. The summed E-state index contributed by atoms with van der Waals surface area (Å²) in [6.07, 6.45) is 1.88. The maximum Gasteiger partial charge on any atom is 0.166 e. The van der Waals surface area contributed by atoms with Gasteiger partial charge in [0.05, 0.1) is 0 Å². The van der Waals surface area contributed by atoms with Gasteiger partial charge in [0.1, 0.15) is 11.3 Å². The van der Waals surface area contributed by atoms with Gasteiger partial charge in [-0.25, -0.2) is 15.0 Å². The molecule has 0 radical (unpaired) electrons. The van der Waals surface area contributed by atoms with E-state index in [2.05, 4.69) is 78.9 Å². The van der Waals surface area contributed by atoms with Crippen molar-refractivity contribution >= 4 is 43.5 Å². The third-order valence-corrected chi connectivity index (χ3v) is 8.34. The Morgan fingerprint density at radius 3 is 1.78 bits per heavy atom. The van der Waals surface area contributed by atoms with Crippen molar-refractivity contribution < 1.29 is 4.42 Å². The Morgan fingerprint density at radius 2 is 1.02 bits per heavy atom. The molecule has 3 aromatic heterocycles. The molecule has 0 amide bonds. The first-order valence-corrected chi connectivity index (χ1v) is 14.9. The number of aromatic nitrogens is 4. The fourth-order valence-electron chi connectivity index (χ4n) is 6.11. The van der Waals surface area contributed by atoms with Crippen LogP contribution in [0.1, 0.15) is 0 Å². The molecule has 0 aliphatic heterocycles. The molecule has 0 fully saturated rings. The van der Waals surface area contributed by atoms with E-state index in [4.69, 9.17) is 24.4 Å². The van der Waals surface area contributed by atoms with Gasteiger partial charge in [-0.3, -0.25) is 4.98 Å². The van der Waals surface area contributed by atoms with Crippen LogP contribution in [-0.4, -0.2) is 19.9 Å². The summed E-state index contributed by atoms with van der Waals surface area (Å²) in [5.41, 5.74) is 5.89. The zero-order valence-corrected chi connectivity index (χ0v) is 24.1. The number of fused-ring (bicyclic) bond motifs is 5. The van der Waals surface area contributed by atoms with E-state index in [9.17, 15) is 0 Å². The second kappa shape index (κ2) is 10.2. The van der Waals surface area contributed by atoms with E-state index in [1.165, 1.54) is 10.8 Å². The predicted molar refractivity (Wildman–Crippen MR) is 182 cm³/mol. The summed E-state index contributed by atoms with van der Waals surface area (Å²) in [6, 6.07) is 47.5. The molecule has 0 atom stereocenters. The predicted octanol–water partition coefficient (Wildman–Crippen LogP) is 10.1. The van der Waals surface area contributed by atoms with Gasteiger partial charge in [0.15, 0.2) is 23.1 Å². The molecule has 5 heteroatoms. The number of pyridine rings is 1. The minimum absolute atomic E-state index is 0.543. The van der Waals surface area contributed by atoms with Crippen molar-refractivity contribution in [3.05, 3.63) is 146 Å². The molecule has 0 spiro atoms. The van der Waals surface area contributed by atoms with E-state index < -0.39 is 0 Å². The first-order chi connectivity index (χ1) is 22.3. The summed E-state index contributed by atoms with van der Waals surface area (Å²) >= 11 is 0. The molecular formula is C40H24N4O. The molecule has 0 aliphatic rings. The van der Waals surface area contributed by atoms with E-state index >= 15 is 0 Å². The second-order valence-electron chi connectivity index (χ2n) is 11.1. The maximum absolute atomic E-state index is 6.56. The molecule has 9 rings (SSSR count). The van der Waals surface area contributed by atoms with Gasteiger partial charge in [-0.2, -0.15) is 0 Å². The van der Waals surface area contributed by atoms with E-state index in [0.717, 1.165) is 55.1 Å². The quantitative estimate of drug-likeness (QED) is 0.209. The van der Waals surface area contributed by atoms with Gasteiger partial charge < -0.3 is 4.42 Å². The van der Waals surface area contributed by atoms with E-state index in [0.29, 0.717) is 23.1 Å². The third-order valence-electron chi connectivity index (χ3n) is 8.34. The van der Waals surface area contributed by atoms with Crippen LogP contribution >= 0.6 is 0 Å². The number of nitrogens with zero attached hydrogens (tertiary/aromatic N) is 4. The monoisotopic (exact) mass is 576 g/mol. The molecular weight excluding hydrogens is 552 g/mol. The van der Waals surface area contributed by atoms with Crippen molar-refractivity contribution in [2.45, 2.75) is 0 Å². The summed E-state index contributed by atoms with van der Waals surface area (Å²) in [5, 5.41) is 6.54. The largest absolute Gasteiger partial charge is 0.454 e. The SMILES string of the molecule is c1ccc(-c2nc(-c3ccc4ccccc4c3)nc(-c3cnc(-c4ccc5ccccc5c4)c4oc5ccccc5c34)n2)cc1. The van der Waals surface area contributed by atoms with Gasteiger partial charge in [-0.15, -0.1) is 0 Å². The van der Waals surface area contributed by atoms with Gasteiger partial charge in [0, 0.05) is 39.2 Å². The van der Waals surface area contributed by atoms with Crippen LogP contribution < -0.4 is 0 Å². The lowest BCUT2D eigenvalue weighted by atomic mass is 10.0. The zero-order chi connectivity index (χ0) is 29.7. The van der Waals surface area contributed by atoms with Crippen LogP contribution in [-0.2, 0) is 0 Å². The smallest absolute Gasteiger partial charge is 0.166 e. The van der Waals surface area contributed by atoms with Gasteiger partial charge in [0.25, 0.3) is 0 Å². The molecule has 0 N–H and O–H groups in total. The molecule has 0 saturated carbocycles. The van der Waals surface area contributed by atoms with Crippen molar-refractivity contribution in [1.29, 1.82) is 0 Å². The topological polar surface area (TPSA) is 64.7 Å². The highest BCUT2D eigenvalue weighted by atomic mass is 16.3. The number of furan rings is 1. The Bertz CT molecular complexity index is 2550. The van der Waals surface area contributed by atoms with Crippen LogP contribution in [0.2, 0.25) is 0 Å². The highest BCUT2D eigenvalue weighted by molar-refractivity contribution is 6.15. The van der Waals surface area contributed by atoms with Gasteiger partial charge >= 0.3 is 0 Å². The van der Waals surface area contributed by atoms with Crippen LogP contribution in [0.4, 0.5) is 0 Å². The lowest BCUT2D eigenvalue weighted by Gasteiger charge is -2.11. The summed E-state index contributed by atoms with van der Waals surface area (Å²) < 4.78 is 6.56. The molecule has 3 heterocycles. The first-order valence-electron chi connectivity index (χ1n) is 14.9. The summed E-state index contributed by atoms with van der Waals surface area (Å²) in [5.74, 6) is 1.74.